The number of nitrogens with zero attached hydrogens (tertiary/aromatic N) is 3. The summed E-state index contributed by atoms with van der Waals surface area (Å²) in [5.74, 6) is -1.81. The lowest BCUT2D eigenvalue weighted by atomic mass is 10.2. The van der Waals surface area contributed by atoms with Crippen LogP contribution in [0.4, 0.5) is 16.2 Å². The molecule has 0 aliphatic carbocycles. The molecular weight excluding hydrogens is 522 g/mol. The first kappa shape index (κ1) is 28.6. The molecule has 2 amide bonds. The lowest BCUT2D eigenvalue weighted by Crippen LogP contribution is -2.48. The third-order valence-electron chi connectivity index (χ3n) is 5.04. The molecular formula is C23H31N5O9S. The van der Waals surface area contributed by atoms with Crippen molar-refractivity contribution in [2.45, 2.75) is 57.8 Å². The van der Waals surface area contributed by atoms with Gasteiger partial charge < -0.3 is 24.6 Å². The van der Waals surface area contributed by atoms with Crippen LogP contribution < -0.4 is 24.4 Å². The number of carboxylic acid groups (broad SMARTS) is 1. The predicted molar refractivity (Wildman–Crippen MR) is 135 cm³/mol. The molecule has 0 saturated carbocycles. The summed E-state index contributed by atoms with van der Waals surface area (Å²) in [6.45, 7) is 7.49. The molecule has 2 heterocycles. The summed E-state index contributed by atoms with van der Waals surface area (Å²) in [4.78, 5) is 34.4. The van der Waals surface area contributed by atoms with E-state index in [0.29, 0.717) is 6.54 Å². The van der Waals surface area contributed by atoms with Crippen molar-refractivity contribution < 1.29 is 42.1 Å². The van der Waals surface area contributed by atoms with Gasteiger partial charge in [-0.2, -0.15) is 0 Å². The zero-order chi connectivity index (χ0) is 28.3. The number of aliphatic carboxylic acids is 1. The van der Waals surface area contributed by atoms with E-state index in [1.165, 1.54) is 36.0 Å². The fraction of sp³-hybridized carbons (Fsp3) is 0.478. The summed E-state index contributed by atoms with van der Waals surface area (Å²) in [7, 11) is -4.39. The monoisotopic (exact) mass is 553 g/mol. The molecule has 1 aromatic heterocycles. The molecule has 38 heavy (non-hydrogen) atoms. The summed E-state index contributed by atoms with van der Waals surface area (Å²) in [6.07, 6.45) is -0.246. The van der Waals surface area contributed by atoms with Gasteiger partial charge in [0, 0.05) is 25.4 Å². The molecule has 0 saturated heterocycles. The summed E-state index contributed by atoms with van der Waals surface area (Å²) >= 11 is 0. The van der Waals surface area contributed by atoms with E-state index in [1.807, 2.05) is 0 Å². The average molecular weight is 554 g/mol. The van der Waals surface area contributed by atoms with Crippen LogP contribution in [0.25, 0.3) is 0 Å². The molecule has 0 bridgehead atoms. The standard InChI is InChI=1S/C23H31N5O9S/c1-6-27-12-19(21(26-27)35-13-20(30)31)38(33,34)28-11-16(10-24-14(2)29)36-18-8-7-15(9-17(18)28)25-22(32)37-23(3,4)5/h7-9,12,16H,6,10-11,13H2,1-5H3,(H,24,29)(H,25,32)(H,30,31)/t16-/m0/s1. The van der Waals surface area contributed by atoms with Gasteiger partial charge in [-0.15, -0.1) is 5.10 Å². The Morgan fingerprint density at radius 2 is 1.97 bits per heavy atom. The van der Waals surface area contributed by atoms with Crippen LogP contribution in [0.1, 0.15) is 34.6 Å². The number of nitrogens with one attached hydrogen (secondary N) is 2. The second-order valence-electron chi connectivity index (χ2n) is 9.36. The largest absolute Gasteiger partial charge is 0.484 e. The Labute approximate surface area is 219 Å². The number of benzene rings is 1. The first-order valence-electron chi connectivity index (χ1n) is 11.7. The van der Waals surface area contributed by atoms with Crippen molar-refractivity contribution >= 4 is 39.4 Å². The summed E-state index contributed by atoms with van der Waals surface area (Å²) in [6, 6.07) is 4.42. The topological polar surface area (TPSA) is 178 Å². The van der Waals surface area contributed by atoms with Crippen LogP contribution >= 0.6 is 0 Å². The summed E-state index contributed by atoms with van der Waals surface area (Å²) in [5, 5.41) is 18.2. The molecule has 15 heteroatoms. The second kappa shape index (κ2) is 11.2. The number of anilines is 2. The molecule has 1 aliphatic heterocycles. The Morgan fingerprint density at radius 3 is 2.58 bits per heavy atom. The molecule has 1 aromatic carbocycles. The highest BCUT2D eigenvalue weighted by molar-refractivity contribution is 7.93. The van der Waals surface area contributed by atoms with Crippen molar-refractivity contribution in [2.75, 3.05) is 29.3 Å². The van der Waals surface area contributed by atoms with E-state index in [0.717, 1.165) is 4.31 Å². The van der Waals surface area contributed by atoms with Gasteiger partial charge in [-0.25, -0.2) is 18.0 Å². The molecule has 1 aliphatic rings. The molecule has 14 nitrogen and oxygen atoms in total. The van der Waals surface area contributed by atoms with Crippen molar-refractivity contribution in [3.8, 4) is 11.6 Å². The zero-order valence-corrected chi connectivity index (χ0v) is 22.5. The van der Waals surface area contributed by atoms with Crippen LogP contribution in [0.3, 0.4) is 0 Å². The Bertz CT molecular complexity index is 1320. The Hall–Kier alpha value is -4.01. The minimum atomic E-state index is -4.39. The molecule has 1 atom stereocenters. The Balaban J connectivity index is 2.04. The average Bonchev–Trinajstić information content (AvgIpc) is 3.24. The maximum absolute atomic E-state index is 13.9. The zero-order valence-electron chi connectivity index (χ0n) is 21.7. The highest BCUT2D eigenvalue weighted by Gasteiger charge is 2.38. The maximum atomic E-state index is 13.9. The van der Waals surface area contributed by atoms with Gasteiger partial charge in [0.25, 0.3) is 15.9 Å². The van der Waals surface area contributed by atoms with E-state index in [9.17, 15) is 22.8 Å². The van der Waals surface area contributed by atoms with Crippen LogP contribution in [0.2, 0.25) is 0 Å². The van der Waals surface area contributed by atoms with E-state index in [-0.39, 0.29) is 46.9 Å². The SMILES string of the molecule is CCn1cc(S(=O)(=O)N2C[C@H](CNC(C)=O)Oc3ccc(NC(=O)OC(C)(C)C)cc32)c(OCC(=O)O)n1. The number of amides is 2. The number of hydrogen-bond donors (Lipinski definition) is 3. The number of aromatic nitrogens is 2. The van der Waals surface area contributed by atoms with Crippen LogP contribution in [-0.4, -0.2) is 72.7 Å². The van der Waals surface area contributed by atoms with Crippen molar-refractivity contribution in [1.82, 2.24) is 15.1 Å². The quantitative estimate of drug-likeness (QED) is 0.415. The predicted octanol–water partition coefficient (Wildman–Crippen LogP) is 1.81. The highest BCUT2D eigenvalue weighted by Crippen LogP contribution is 2.40. The molecule has 0 fully saturated rings. The van der Waals surface area contributed by atoms with Crippen LogP contribution in [0.5, 0.6) is 11.6 Å². The number of aryl methyl sites for hydroxylation is 1. The summed E-state index contributed by atoms with van der Waals surface area (Å²) < 4.78 is 46.6. The first-order chi connectivity index (χ1) is 17.7. The molecule has 3 N–H and O–H groups in total. The first-order valence-corrected chi connectivity index (χ1v) is 13.1. The third kappa shape index (κ3) is 7.06. The van der Waals surface area contributed by atoms with Gasteiger partial charge in [-0.05, 0) is 45.9 Å². The highest BCUT2D eigenvalue weighted by atomic mass is 32.2. The smallest absolute Gasteiger partial charge is 0.412 e. The van der Waals surface area contributed by atoms with Gasteiger partial charge in [0.2, 0.25) is 5.91 Å². The number of carbonyl (C=O) groups is 3. The minimum Gasteiger partial charge on any atom is -0.484 e. The summed E-state index contributed by atoms with van der Waals surface area (Å²) in [5.41, 5.74) is -0.403. The minimum absolute atomic E-state index is 0.0231. The molecule has 0 unspecified atom stereocenters. The van der Waals surface area contributed by atoms with E-state index >= 15 is 0 Å². The van der Waals surface area contributed by atoms with E-state index < -0.39 is 40.4 Å². The maximum Gasteiger partial charge on any atom is 0.412 e. The molecule has 2 aromatic rings. The van der Waals surface area contributed by atoms with Crippen LogP contribution in [-0.2, 0) is 30.9 Å². The number of sulfonamides is 1. The van der Waals surface area contributed by atoms with E-state index in [4.69, 9.17) is 19.3 Å². The van der Waals surface area contributed by atoms with Gasteiger partial charge in [-0.1, -0.05) is 0 Å². The molecule has 3 rings (SSSR count). The van der Waals surface area contributed by atoms with E-state index in [2.05, 4.69) is 15.7 Å². The van der Waals surface area contributed by atoms with Gasteiger partial charge >= 0.3 is 12.1 Å². The van der Waals surface area contributed by atoms with Gasteiger partial charge in [0.1, 0.15) is 17.5 Å². The number of carboxylic acids is 1. The Morgan fingerprint density at radius 1 is 1.26 bits per heavy atom. The normalized spacial score (nSPS) is 15.2. The lowest BCUT2D eigenvalue weighted by Gasteiger charge is -2.35. The number of fused-ring (bicyclic) bond motifs is 1. The van der Waals surface area contributed by atoms with E-state index in [1.54, 1.807) is 27.7 Å². The molecule has 208 valence electrons. The number of hydrogen-bond acceptors (Lipinski definition) is 9. The van der Waals surface area contributed by atoms with Crippen molar-refractivity contribution in [3.63, 3.8) is 0 Å². The van der Waals surface area contributed by atoms with Crippen molar-refractivity contribution in [1.29, 1.82) is 0 Å². The third-order valence-corrected chi connectivity index (χ3v) is 6.80. The number of ether oxygens (including phenoxy) is 3. The number of carbonyl (C=O) groups excluding carboxylic acids is 2. The van der Waals surface area contributed by atoms with Crippen molar-refractivity contribution in [3.05, 3.63) is 24.4 Å². The lowest BCUT2D eigenvalue weighted by molar-refractivity contribution is -0.139. The fourth-order valence-electron chi connectivity index (χ4n) is 3.48. The number of rotatable bonds is 9. The van der Waals surface area contributed by atoms with Gasteiger partial charge in [-0.3, -0.25) is 19.1 Å². The molecule has 0 spiro atoms. The fourth-order valence-corrected chi connectivity index (χ4v) is 5.05. The second-order valence-corrected chi connectivity index (χ2v) is 11.2. The van der Waals surface area contributed by atoms with Gasteiger partial charge in [0.15, 0.2) is 11.5 Å². The van der Waals surface area contributed by atoms with Crippen molar-refractivity contribution in [2.24, 2.45) is 0 Å². The Kier molecular flexibility index (Phi) is 8.39. The molecule has 0 radical (unpaired) electrons. The van der Waals surface area contributed by atoms with Crippen LogP contribution in [0, 0.1) is 0 Å². The van der Waals surface area contributed by atoms with Crippen LogP contribution in [0.15, 0.2) is 29.3 Å². The van der Waals surface area contributed by atoms with Gasteiger partial charge in [0.05, 0.1) is 18.8 Å².